The Hall–Kier alpha value is -3.72. The van der Waals surface area contributed by atoms with E-state index >= 15 is 0 Å². The van der Waals surface area contributed by atoms with E-state index in [4.69, 9.17) is 0 Å². The number of hydrogen-bond acceptors (Lipinski definition) is 4. The minimum atomic E-state index is -4.15. The molecule has 0 spiro atoms. The highest BCUT2D eigenvalue weighted by Gasteiger charge is 2.32. The number of nitrogens with one attached hydrogen (secondary N) is 1. The summed E-state index contributed by atoms with van der Waals surface area (Å²) in [6.07, 6.45) is 0. The van der Waals surface area contributed by atoms with E-state index in [-0.39, 0.29) is 17.0 Å². The van der Waals surface area contributed by atoms with Crippen molar-refractivity contribution < 1.29 is 22.4 Å². The molecule has 0 saturated heterocycles. The molecule has 3 aromatic rings. The molecule has 1 unspecified atom stereocenters. The number of anilines is 1. The van der Waals surface area contributed by atoms with Crippen molar-refractivity contribution in [2.75, 3.05) is 17.9 Å². The van der Waals surface area contributed by atoms with E-state index in [1.54, 1.807) is 30.3 Å². The molecule has 0 aliphatic carbocycles. The van der Waals surface area contributed by atoms with Gasteiger partial charge < -0.3 is 10.2 Å². The average molecular weight is 526 g/mol. The molecule has 0 bridgehead atoms. The van der Waals surface area contributed by atoms with Gasteiger partial charge in [-0.05, 0) is 69.2 Å². The van der Waals surface area contributed by atoms with Crippen molar-refractivity contribution in [2.24, 2.45) is 0 Å². The zero-order valence-electron chi connectivity index (χ0n) is 21.7. The molecule has 3 aromatic carbocycles. The summed E-state index contributed by atoms with van der Waals surface area (Å²) < 4.78 is 43.1. The van der Waals surface area contributed by atoms with Crippen LogP contribution in [0.3, 0.4) is 0 Å². The van der Waals surface area contributed by atoms with Crippen molar-refractivity contribution >= 4 is 27.5 Å². The first-order chi connectivity index (χ1) is 17.4. The number of aryl methyl sites for hydroxylation is 3. The van der Waals surface area contributed by atoms with Crippen LogP contribution in [0.4, 0.5) is 10.1 Å². The first kappa shape index (κ1) is 27.9. The van der Waals surface area contributed by atoms with Gasteiger partial charge in [0.1, 0.15) is 18.4 Å². The Morgan fingerprint density at radius 3 is 2.08 bits per heavy atom. The van der Waals surface area contributed by atoms with Crippen LogP contribution in [-0.4, -0.2) is 44.8 Å². The van der Waals surface area contributed by atoms with Gasteiger partial charge >= 0.3 is 0 Å². The third kappa shape index (κ3) is 6.54. The second-order valence-corrected chi connectivity index (χ2v) is 10.9. The first-order valence-corrected chi connectivity index (χ1v) is 13.3. The highest BCUT2D eigenvalue weighted by atomic mass is 32.2. The van der Waals surface area contributed by atoms with Crippen LogP contribution in [0, 0.1) is 26.6 Å². The highest BCUT2D eigenvalue weighted by molar-refractivity contribution is 7.92. The Labute approximate surface area is 218 Å². The molecule has 0 aromatic heterocycles. The SMILES string of the molecule is CNC(=O)C(C)N(Cc1ccccc1F)C(=O)CN(c1cc(C)cc(C)c1)S(=O)(=O)c1ccc(C)cc1. The third-order valence-corrected chi connectivity index (χ3v) is 7.88. The molecule has 9 heteroatoms. The van der Waals surface area contributed by atoms with Crippen molar-refractivity contribution in [3.05, 3.63) is 94.8 Å². The van der Waals surface area contributed by atoms with E-state index in [1.165, 1.54) is 49.2 Å². The van der Waals surface area contributed by atoms with Gasteiger partial charge in [-0.2, -0.15) is 0 Å². The number of rotatable bonds is 9. The van der Waals surface area contributed by atoms with Gasteiger partial charge in [0.2, 0.25) is 11.8 Å². The first-order valence-electron chi connectivity index (χ1n) is 11.9. The standard InChI is InChI=1S/C28H32FN3O4S/c1-19-10-12-25(13-11-19)37(35,36)32(24-15-20(2)14-21(3)16-24)18-27(33)31(22(4)28(34)30-5)17-23-8-6-7-9-26(23)29/h6-16,22H,17-18H2,1-5H3,(H,30,34). The molecule has 1 N–H and O–H groups in total. The summed E-state index contributed by atoms with van der Waals surface area (Å²) in [5.74, 6) is -1.62. The fraction of sp³-hybridized carbons (Fsp3) is 0.286. The number of benzene rings is 3. The summed E-state index contributed by atoms with van der Waals surface area (Å²) in [5.41, 5.74) is 3.08. The molecule has 196 valence electrons. The number of likely N-dealkylation sites (N-methyl/N-ethyl adjacent to an activating group) is 1. The van der Waals surface area contributed by atoms with Gasteiger partial charge in [0.15, 0.2) is 0 Å². The number of amides is 2. The average Bonchev–Trinajstić information content (AvgIpc) is 2.85. The maximum atomic E-state index is 14.5. The zero-order valence-corrected chi connectivity index (χ0v) is 22.5. The van der Waals surface area contributed by atoms with E-state index in [0.29, 0.717) is 5.69 Å². The zero-order chi connectivity index (χ0) is 27.3. The minimum Gasteiger partial charge on any atom is -0.357 e. The molecule has 0 fully saturated rings. The Balaban J connectivity index is 2.08. The largest absolute Gasteiger partial charge is 0.357 e. The maximum absolute atomic E-state index is 14.5. The number of carbonyl (C=O) groups excluding carboxylic acids is 2. The van der Waals surface area contributed by atoms with Gasteiger partial charge in [0, 0.05) is 19.2 Å². The van der Waals surface area contributed by atoms with Crippen LogP contribution < -0.4 is 9.62 Å². The van der Waals surface area contributed by atoms with E-state index in [2.05, 4.69) is 5.32 Å². The predicted octanol–water partition coefficient (Wildman–Crippen LogP) is 4.11. The lowest BCUT2D eigenvalue weighted by molar-refractivity contribution is -0.139. The monoisotopic (exact) mass is 525 g/mol. The lowest BCUT2D eigenvalue weighted by atomic mass is 10.1. The second-order valence-electron chi connectivity index (χ2n) is 9.07. The molecular weight excluding hydrogens is 493 g/mol. The minimum absolute atomic E-state index is 0.0325. The molecule has 37 heavy (non-hydrogen) atoms. The van der Waals surface area contributed by atoms with E-state index < -0.39 is 40.2 Å². The summed E-state index contributed by atoms with van der Waals surface area (Å²) in [7, 11) is -2.72. The van der Waals surface area contributed by atoms with Crippen molar-refractivity contribution in [2.45, 2.75) is 45.2 Å². The van der Waals surface area contributed by atoms with Gasteiger partial charge in [-0.15, -0.1) is 0 Å². The molecule has 0 heterocycles. The summed E-state index contributed by atoms with van der Waals surface area (Å²) in [6.45, 7) is 6.27. The number of nitrogens with zero attached hydrogens (tertiary/aromatic N) is 2. The number of sulfonamides is 1. The molecule has 3 rings (SSSR count). The molecule has 1 atom stereocenters. The molecule has 0 aliphatic rings. The van der Waals surface area contributed by atoms with Crippen molar-refractivity contribution in [1.82, 2.24) is 10.2 Å². The Bertz CT molecular complexity index is 1370. The van der Waals surface area contributed by atoms with Crippen LogP contribution in [0.5, 0.6) is 0 Å². The highest BCUT2D eigenvalue weighted by Crippen LogP contribution is 2.27. The second kappa shape index (κ2) is 11.6. The van der Waals surface area contributed by atoms with Crippen molar-refractivity contribution in [3.8, 4) is 0 Å². The topological polar surface area (TPSA) is 86.8 Å². The number of halogens is 1. The maximum Gasteiger partial charge on any atom is 0.264 e. The van der Waals surface area contributed by atoms with Gasteiger partial charge in [0.25, 0.3) is 10.0 Å². The van der Waals surface area contributed by atoms with Crippen LogP contribution in [-0.2, 0) is 26.2 Å². The van der Waals surface area contributed by atoms with Crippen LogP contribution >= 0.6 is 0 Å². The van der Waals surface area contributed by atoms with Gasteiger partial charge in [-0.1, -0.05) is 42.0 Å². The van der Waals surface area contributed by atoms with Crippen molar-refractivity contribution in [1.29, 1.82) is 0 Å². The number of hydrogen-bond donors (Lipinski definition) is 1. The van der Waals surface area contributed by atoms with Gasteiger partial charge in [-0.25, -0.2) is 12.8 Å². The Morgan fingerprint density at radius 1 is 0.919 bits per heavy atom. The van der Waals surface area contributed by atoms with Crippen molar-refractivity contribution in [3.63, 3.8) is 0 Å². The predicted molar refractivity (Wildman–Crippen MR) is 142 cm³/mol. The Kier molecular flexibility index (Phi) is 8.70. The smallest absolute Gasteiger partial charge is 0.264 e. The molecule has 2 amide bonds. The molecule has 7 nitrogen and oxygen atoms in total. The van der Waals surface area contributed by atoms with Gasteiger partial charge in [0.05, 0.1) is 10.6 Å². The van der Waals surface area contributed by atoms with Gasteiger partial charge in [-0.3, -0.25) is 13.9 Å². The normalized spacial score (nSPS) is 12.1. The fourth-order valence-electron chi connectivity index (χ4n) is 4.06. The van der Waals surface area contributed by atoms with E-state index in [9.17, 15) is 22.4 Å². The molecular formula is C28H32FN3O4S. The van der Waals surface area contributed by atoms with E-state index in [0.717, 1.165) is 21.0 Å². The summed E-state index contributed by atoms with van der Waals surface area (Å²) in [5, 5.41) is 2.50. The lowest BCUT2D eigenvalue weighted by Crippen LogP contribution is -2.50. The summed E-state index contributed by atoms with van der Waals surface area (Å²) in [6, 6.07) is 16.6. The molecule has 0 saturated carbocycles. The summed E-state index contributed by atoms with van der Waals surface area (Å²) >= 11 is 0. The quantitative estimate of drug-likeness (QED) is 0.456. The third-order valence-electron chi connectivity index (χ3n) is 6.09. The fourth-order valence-corrected chi connectivity index (χ4v) is 5.46. The number of carbonyl (C=O) groups is 2. The Morgan fingerprint density at radius 2 is 1.51 bits per heavy atom. The molecule has 0 radical (unpaired) electrons. The van der Waals surface area contributed by atoms with Crippen LogP contribution in [0.1, 0.15) is 29.2 Å². The van der Waals surface area contributed by atoms with Crippen LogP contribution in [0.25, 0.3) is 0 Å². The van der Waals surface area contributed by atoms with Crippen LogP contribution in [0.2, 0.25) is 0 Å². The summed E-state index contributed by atoms with van der Waals surface area (Å²) in [4.78, 5) is 27.4. The van der Waals surface area contributed by atoms with E-state index in [1.807, 2.05) is 26.8 Å². The van der Waals surface area contributed by atoms with Crippen LogP contribution in [0.15, 0.2) is 71.6 Å². The molecule has 0 aliphatic heterocycles. The lowest BCUT2D eigenvalue weighted by Gasteiger charge is -2.32.